The predicted molar refractivity (Wildman–Crippen MR) is 60.3 cm³/mol. The van der Waals surface area contributed by atoms with Gasteiger partial charge in [-0.2, -0.15) is 0 Å². The average molecular weight is 226 g/mol. The molecule has 90 valence electrons. The van der Waals surface area contributed by atoms with Crippen molar-refractivity contribution in [2.24, 2.45) is 0 Å². The molecule has 1 heterocycles. The molecular formula is C11H18N2O3. The molecule has 0 radical (unpaired) electrons. The van der Waals surface area contributed by atoms with Crippen molar-refractivity contribution in [2.45, 2.75) is 38.5 Å². The number of alkyl carbamates (subject to hydrolysis) is 1. The number of ether oxygens (including phenoxy) is 1. The Morgan fingerprint density at radius 1 is 1.69 bits per heavy atom. The quantitative estimate of drug-likeness (QED) is 0.721. The Balaban J connectivity index is 2.59. The second kappa shape index (κ2) is 4.57. The molecule has 1 amide bonds. The molecule has 5 nitrogen and oxygen atoms in total. The third-order valence-corrected chi connectivity index (χ3v) is 1.85. The smallest absolute Gasteiger partial charge is 0.409 e. The zero-order valence-corrected chi connectivity index (χ0v) is 9.87. The third-order valence-electron chi connectivity index (χ3n) is 1.85. The van der Waals surface area contributed by atoms with Crippen molar-refractivity contribution in [1.29, 1.82) is 0 Å². The molecule has 0 saturated carbocycles. The fourth-order valence-electron chi connectivity index (χ4n) is 1.26. The summed E-state index contributed by atoms with van der Waals surface area (Å²) in [5.41, 5.74) is 1.41. The topological polar surface area (TPSA) is 59.6 Å². The lowest BCUT2D eigenvalue weighted by Crippen LogP contribution is -2.55. The van der Waals surface area contributed by atoms with Gasteiger partial charge in [0.05, 0.1) is 0 Å². The maximum Gasteiger partial charge on any atom is 0.409 e. The number of carbonyl (C=O) groups is 1. The van der Waals surface area contributed by atoms with E-state index in [-0.39, 0.29) is 0 Å². The summed E-state index contributed by atoms with van der Waals surface area (Å²) in [6, 6.07) is 0. The van der Waals surface area contributed by atoms with Crippen LogP contribution in [0.25, 0.3) is 0 Å². The Labute approximate surface area is 95.4 Å². The van der Waals surface area contributed by atoms with Crippen LogP contribution in [0, 0.1) is 0 Å². The third kappa shape index (κ3) is 3.58. The second-order valence-electron chi connectivity index (χ2n) is 4.61. The van der Waals surface area contributed by atoms with E-state index in [0.29, 0.717) is 6.42 Å². The first-order valence-electron chi connectivity index (χ1n) is 5.09. The van der Waals surface area contributed by atoms with E-state index in [4.69, 9.17) is 9.57 Å². The van der Waals surface area contributed by atoms with Gasteiger partial charge in [0.1, 0.15) is 11.9 Å². The fraction of sp³-hybridized carbons (Fsp3) is 0.545. The standard InChI is InChI=1S/C11H18N2O3/c1-5-6-11(7-8-15-13-11)12-9(14)16-10(2,3)4/h5,7-8,13H,1,6H2,2-4H3,(H,12,14). The first kappa shape index (κ1) is 12.6. The summed E-state index contributed by atoms with van der Waals surface area (Å²) in [5, 5.41) is 2.69. The van der Waals surface area contributed by atoms with Crippen molar-refractivity contribution in [3.8, 4) is 0 Å². The molecule has 1 unspecified atom stereocenters. The van der Waals surface area contributed by atoms with Crippen LogP contribution < -0.4 is 10.8 Å². The number of carbonyl (C=O) groups excluding carboxylic acids is 1. The summed E-state index contributed by atoms with van der Waals surface area (Å²) in [7, 11) is 0. The monoisotopic (exact) mass is 226 g/mol. The van der Waals surface area contributed by atoms with Crippen molar-refractivity contribution in [3.63, 3.8) is 0 Å². The fourth-order valence-corrected chi connectivity index (χ4v) is 1.26. The Bertz CT molecular complexity index is 307. The number of amides is 1. The van der Waals surface area contributed by atoms with Gasteiger partial charge in [0.15, 0.2) is 5.66 Å². The van der Waals surface area contributed by atoms with Crippen molar-refractivity contribution < 1.29 is 14.4 Å². The van der Waals surface area contributed by atoms with E-state index in [1.807, 2.05) is 0 Å². The minimum absolute atomic E-state index is 0.503. The van der Waals surface area contributed by atoms with Gasteiger partial charge in [0.25, 0.3) is 0 Å². The molecule has 0 aromatic heterocycles. The summed E-state index contributed by atoms with van der Waals surface area (Å²) in [5.74, 6) is 0. The van der Waals surface area contributed by atoms with Gasteiger partial charge in [0.2, 0.25) is 0 Å². The van der Waals surface area contributed by atoms with Gasteiger partial charge in [-0.3, -0.25) is 5.32 Å². The van der Waals surface area contributed by atoms with Gasteiger partial charge in [-0.1, -0.05) is 6.08 Å². The van der Waals surface area contributed by atoms with Crippen LogP contribution in [0.4, 0.5) is 4.79 Å². The highest BCUT2D eigenvalue weighted by Crippen LogP contribution is 2.16. The molecule has 1 atom stereocenters. The van der Waals surface area contributed by atoms with Crippen LogP contribution in [0.5, 0.6) is 0 Å². The summed E-state index contributed by atoms with van der Waals surface area (Å²) in [6.45, 7) is 9.05. The van der Waals surface area contributed by atoms with Gasteiger partial charge < -0.3 is 9.57 Å². The lowest BCUT2D eigenvalue weighted by Gasteiger charge is -2.28. The molecular weight excluding hydrogens is 208 g/mol. The maximum absolute atomic E-state index is 11.6. The van der Waals surface area contributed by atoms with Gasteiger partial charge >= 0.3 is 6.09 Å². The minimum Gasteiger partial charge on any atom is -0.444 e. The maximum atomic E-state index is 11.6. The van der Waals surface area contributed by atoms with Crippen LogP contribution in [-0.4, -0.2) is 17.4 Å². The van der Waals surface area contributed by atoms with E-state index >= 15 is 0 Å². The van der Waals surface area contributed by atoms with Crippen molar-refractivity contribution in [3.05, 3.63) is 25.0 Å². The van der Waals surface area contributed by atoms with Crippen molar-refractivity contribution in [1.82, 2.24) is 10.8 Å². The van der Waals surface area contributed by atoms with Crippen LogP contribution >= 0.6 is 0 Å². The average Bonchev–Trinajstić information content (AvgIpc) is 2.49. The number of rotatable bonds is 3. The minimum atomic E-state index is -0.760. The molecule has 0 saturated heterocycles. The summed E-state index contributed by atoms with van der Waals surface area (Å²) in [6.07, 6.45) is 4.86. The van der Waals surface area contributed by atoms with Crippen molar-refractivity contribution >= 4 is 6.09 Å². The lowest BCUT2D eigenvalue weighted by molar-refractivity contribution is 0.0320. The molecule has 1 aliphatic rings. The van der Waals surface area contributed by atoms with Gasteiger partial charge in [-0.05, 0) is 26.8 Å². The highest BCUT2D eigenvalue weighted by molar-refractivity contribution is 5.69. The zero-order chi connectivity index (χ0) is 12.2. The van der Waals surface area contributed by atoms with E-state index in [1.54, 1.807) is 32.9 Å². The van der Waals surface area contributed by atoms with Crippen LogP contribution in [0.3, 0.4) is 0 Å². The predicted octanol–water partition coefficient (Wildman–Crippen LogP) is 1.83. The highest BCUT2D eigenvalue weighted by Gasteiger charge is 2.33. The van der Waals surface area contributed by atoms with Crippen LogP contribution in [0.15, 0.2) is 25.0 Å². The van der Waals surface area contributed by atoms with E-state index in [2.05, 4.69) is 17.4 Å². The Morgan fingerprint density at radius 3 is 2.81 bits per heavy atom. The summed E-state index contributed by atoms with van der Waals surface area (Å²) in [4.78, 5) is 16.5. The summed E-state index contributed by atoms with van der Waals surface area (Å²) < 4.78 is 5.16. The van der Waals surface area contributed by atoms with Gasteiger partial charge in [-0.15, -0.1) is 12.1 Å². The van der Waals surface area contributed by atoms with Crippen molar-refractivity contribution in [2.75, 3.05) is 0 Å². The first-order valence-corrected chi connectivity index (χ1v) is 5.09. The molecule has 16 heavy (non-hydrogen) atoms. The van der Waals surface area contributed by atoms with Gasteiger partial charge in [-0.25, -0.2) is 4.79 Å². The molecule has 0 aromatic rings. The zero-order valence-electron chi connectivity index (χ0n) is 9.87. The molecule has 5 heteroatoms. The Hall–Kier alpha value is -1.49. The number of hydrogen-bond donors (Lipinski definition) is 2. The van der Waals surface area contributed by atoms with E-state index in [1.165, 1.54) is 6.26 Å². The van der Waals surface area contributed by atoms with E-state index in [9.17, 15) is 4.79 Å². The largest absolute Gasteiger partial charge is 0.444 e. The molecule has 1 rings (SSSR count). The van der Waals surface area contributed by atoms with Gasteiger partial charge in [0, 0.05) is 6.42 Å². The number of nitrogens with one attached hydrogen (secondary N) is 2. The van der Waals surface area contributed by atoms with E-state index in [0.717, 1.165) is 0 Å². The first-order chi connectivity index (χ1) is 7.37. The van der Waals surface area contributed by atoms with Crippen LogP contribution in [0.2, 0.25) is 0 Å². The molecule has 0 bridgehead atoms. The van der Waals surface area contributed by atoms with E-state index < -0.39 is 17.4 Å². The molecule has 1 aliphatic heterocycles. The Kier molecular flexibility index (Phi) is 3.59. The lowest BCUT2D eigenvalue weighted by atomic mass is 10.1. The molecule has 2 N–H and O–H groups in total. The molecule has 0 aliphatic carbocycles. The molecule has 0 spiro atoms. The van der Waals surface area contributed by atoms with Crippen LogP contribution in [-0.2, 0) is 9.57 Å². The molecule has 0 aromatic carbocycles. The molecule has 0 fully saturated rings. The summed E-state index contributed by atoms with van der Waals surface area (Å²) >= 11 is 0. The second-order valence-corrected chi connectivity index (χ2v) is 4.61. The highest BCUT2D eigenvalue weighted by atomic mass is 16.7. The number of hydrogen-bond acceptors (Lipinski definition) is 4. The normalized spacial score (nSPS) is 23.7. The Morgan fingerprint density at radius 2 is 2.38 bits per heavy atom. The van der Waals surface area contributed by atoms with Crippen LogP contribution in [0.1, 0.15) is 27.2 Å². The number of hydroxylamine groups is 1. The SMILES string of the molecule is C=CCC1(NC(=O)OC(C)(C)C)C=CON1.